The van der Waals surface area contributed by atoms with Crippen LogP contribution in [0.2, 0.25) is 0 Å². The maximum atomic E-state index is 6.30. The Morgan fingerprint density at radius 2 is 0.758 bits per heavy atom. The highest BCUT2D eigenvalue weighted by atomic mass is 16.3. The minimum absolute atomic E-state index is 0.355. The third kappa shape index (κ3) is 4.98. The van der Waals surface area contributed by atoms with Crippen LogP contribution >= 0.6 is 0 Å². The lowest BCUT2D eigenvalue weighted by atomic mass is 9.70. The van der Waals surface area contributed by atoms with E-state index >= 15 is 0 Å². The zero-order valence-electron chi connectivity index (χ0n) is 33.5. The average Bonchev–Trinajstić information content (AvgIpc) is 3.98. The number of para-hydroxylation sites is 1. The third-order valence-corrected chi connectivity index (χ3v) is 13.0. The van der Waals surface area contributed by atoms with Crippen LogP contribution in [0.5, 0.6) is 0 Å². The predicted molar refractivity (Wildman–Crippen MR) is 251 cm³/mol. The molecule has 0 saturated heterocycles. The first-order valence-corrected chi connectivity index (χ1v) is 21.1. The van der Waals surface area contributed by atoms with Crippen molar-refractivity contribution < 1.29 is 4.42 Å². The smallest absolute Gasteiger partial charge is 0.164 e. The van der Waals surface area contributed by atoms with Crippen molar-refractivity contribution in [3.8, 4) is 78.7 Å². The van der Waals surface area contributed by atoms with E-state index in [0.29, 0.717) is 17.5 Å². The van der Waals surface area contributed by atoms with Gasteiger partial charge >= 0.3 is 0 Å². The second kappa shape index (κ2) is 13.4. The quantitative estimate of drug-likeness (QED) is 0.174. The molecule has 11 aromatic rings. The van der Waals surface area contributed by atoms with E-state index in [1.807, 2.05) is 42.5 Å². The van der Waals surface area contributed by atoms with E-state index in [2.05, 4.69) is 170 Å². The van der Waals surface area contributed by atoms with E-state index < -0.39 is 0 Å². The molecule has 288 valence electrons. The fourth-order valence-corrected chi connectivity index (χ4v) is 10.3. The maximum Gasteiger partial charge on any atom is 0.164 e. The number of fused-ring (bicyclic) bond motifs is 13. The standard InChI is InChI=1S/C58H35N3O/c1-2-15-37(16-3-1)55-59-56(61-57(60-55)45-21-5-4-17-40(45)44-23-14-28-53-54(44)46-22-9-13-27-52(46)62-53)38-31-29-36(30-32-38)39-33-34-51-47(35-39)43-20-8-12-26-50(43)58(51)48-24-10-6-18-41(48)42-19-7-11-25-49(42)58/h1-35H. The molecule has 0 amide bonds. The molecule has 2 aliphatic rings. The van der Waals surface area contributed by atoms with Crippen molar-refractivity contribution in [2.75, 3.05) is 0 Å². The maximum absolute atomic E-state index is 6.30. The molecular formula is C58H35N3O. The van der Waals surface area contributed by atoms with Crippen LogP contribution in [0.25, 0.3) is 101 Å². The number of hydrogen-bond acceptors (Lipinski definition) is 4. The van der Waals surface area contributed by atoms with Gasteiger partial charge in [-0.2, -0.15) is 0 Å². The molecule has 4 heteroatoms. The summed E-state index contributed by atoms with van der Waals surface area (Å²) in [7, 11) is 0. The lowest BCUT2D eigenvalue weighted by Gasteiger charge is -2.30. The normalized spacial score (nSPS) is 13.0. The molecule has 0 aliphatic heterocycles. The van der Waals surface area contributed by atoms with Gasteiger partial charge in [0.2, 0.25) is 0 Å². The molecule has 2 heterocycles. The van der Waals surface area contributed by atoms with Crippen LogP contribution in [0.15, 0.2) is 217 Å². The zero-order chi connectivity index (χ0) is 40.8. The third-order valence-electron chi connectivity index (χ3n) is 13.0. The lowest BCUT2D eigenvalue weighted by Crippen LogP contribution is -2.25. The minimum Gasteiger partial charge on any atom is -0.456 e. The second-order valence-corrected chi connectivity index (χ2v) is 16.2. The number of furan rings is 1. The van der Waals surface area contributed by atoms with E-state index in [4.69, 9.17) is 19.4 Å². The molecule has 0 saturated carbocycles. The molecule has 13 rings (SSSR count). The number of hydrogen-bond donors (Lipinski definition) is 0. The van der Waals surface area contributed by atoms with Crippen LogP contribution in [0.1, 0.15) is 22.3 Å². The molecule has 0 N–H and O–H groups in total. The summed E-state index contributed by atoms with van der Waals surface area (Å²) in [4.78, 5) is 15.5. The predicted octanol–water partition coefficient (Wildman–Crippen LogP) is 14.4. The molecule has 0 atom stereocenters. The SMILES string of the molecule is c1ccc(-c2nc(-c3ccc(-c4ccc5c(c4)-c4ccccc4C54c5ccccc5-c5ccccc54)cc3)nc(-c3ccccc3-c3cccc4oc5ccccc5c34)n2)cc1. The summed E-state index contributed by atoms with van der Waals surface area (Å²) < 4.78 is 6.30. The van der Waals surface area contributed by atoms with Gasteiger partial charge in [0.1, 0.15) is 11.2 Å². The highest BCUT2D eigenvalue weighted by Crippen LogP contribution is 2.63. The Labute approximate surface area is 358 Å². The van der Waals surface area contributed by atoms with Crippen molar-refractivity contribution in [2.24, 2.45) is 0 Å². The highest BCUT2D eigenvalue weighted by Gasteiger charge is 2.51. The molecule has 0 unspecified atom stereocenters. The molecule has 0 radical (unpaired) electrons. The van der Waals surface area contributed by atoms with E-state index in [1.165, 1.54) is 44.5 Å². The van der Waals surface area contributed by atoms with Crippen molar-refractivity contribution >= 4 is 21.9 Å². The molecule has 0 fully saturated rings. The number of benzene rings is 9. The number of rotatable bonds is 5. The first-order valence-electron chi connectivity index (χ1n) is 21.1. The summed E-state index contributed by atoms with van der Waals surface area (Å²) in [6.45, 7) is 0. The Hall–Kier alpha value is -8.21. The summed E-state index contributed by atoms with van der Waals surface area (Å²) in [5.41, 5.74) is 19.1. The lowest BCUT2D eigenvalue weighted by molar-refractivity contribution is 0.669. The summed E-state index contributed by atoms with van der Waals surface area (Å²) in [5.74, 6) is 1.85. The van der Waals surface area contributed by atoms with Gasteiger partial charge in [-0.1, -0.05) is 194 Å². The van der Waals surface area contributed by atoms with Gasteiger partial charge in [-0.15, -0.1) is 0 Å². The van der Waals surface area contributed by atoms with Gasteiger partial charge in [0, 0.05) is 27.5 Å². The van der Waals surface area contributed by atoms with Gasteiger partial charge in [0.05, 0.1) is 5.41 Å². The fourth-order valence-electron chi connectivity index (χ4n) is 10.3. The van der Waals surface area contributed by atoms with Crippen LogP contribution in [0.3, 0.4) is 0 Å². The van der Waals surface area contributed by atoms with Crippen molar-refractivity contribution in [1.29, 1.82) is 0 Å². The highest BCUT2D eigenvalue weighted by molar-refractivity contribution is 6.13. The van der Waals surface area contributed by atoms with E-state index in [9.17, 15) is 0 Å². The Morgan fingerprint density at radius 1 is 0.290 bits per heavy atom. The first kappa shape index (κ1) is 34.6. The van der Waals surface area contributed by atoms with E-state index in [0.717, 1.165) is 60.9 Å². The monoisotopic (exact) mass is 789 g/mol. The van der Waals surface area contributed by atoms with E-state index in [-0.39, 0.29) is 5.41 Å². The van der Waals surface area contributed by atoms with Crippen LogP contribution < -0.4 is 0 Å². The Morgan fingerprint density at radius 3 is 1.45 bits per heavy atom. The summed E-state index contributed by atoms with van der Waals surface area (Å²) in [5, 5.41) is 2.15. The van der Waals surface area contributed by atoms with Gasteiger partial charge in [0.25, 0.3) is 0 Å². The van der Waals surface area contributed by atoms with Gasteiger partial charge in [-0.25, -0.2) is 15.0 Å². The fraction of sp³-hybridized carbons (Fsp3) is 0.0172. The van der Waals surface area contributed by atoms with Crippen molar-refractivity contribution in [3.63, 3.8) is 0 Å². The molecule has 2 aromatic heterocycles. The summed E-state index contributed by atoms with van der Waals surface area (Å²) in [6.07, 6.45) is 0. The molecule has 0 bridgehead atoms. The molecule has 1 spiro atoms. The van der Waals surface area contributed by atoms with Crippen molar-refractivity contribution in [1.82, 2.24) is 15.0 Å². The van der Waals surface area contributed by atoms with Crippen LogP contribution in [-0.2, 0) is 5.41 Å². The van der Waals surface area contributed by atoms with Gasteiger partial charge in [-0.3, -0.25) is 0 Å². The zero-order valence-corrected chi connectivity index (χ0v) is 33.5. The number of aromatic nitrogens is 3. The largest absolute Gasteiger partial charge is 0.456 e. The van der Waals surface area contributed by atoms with Crippen molar-refractivity contribution in [3.05, 3.63) is 235 Å². The molecule has 62 heavy (non-hydrogen) atoms. The molecule has 9 aromatic carbocycles. The van der Waals surface area contributed by atoms with Crippen molar-refractivity contribution in [2.45, 2.75) is 5.41 Å². The average molecular weight is 790 g/mol. The summed E-state index contributed by atoms with van der Waals surface area (Å²) in [6, 6.07) is 75.6. The second-order valence-electron chi connectivity index (χ2n) is 16.2. The van der Waals surface area contributed by atoms with Gasteiger partial charge < -0.3 is 4.42 Å². The molecular weight excluding hydrogens is 755 g/mol. The Balaban J connectivity index is 0.927. The summed E-state index contributed by atoms with van der Waals surface area (Å²) >= 11 is 0. The molecule has 4 nitrogen and oxygen atoms in total. The van der Waals surface area contributed by atoms with Crippen LogP contribution in [0.4, 0.5) is 0 Å². The van der Waals surface area contributed by atoms with E-state index in [1.54, 1.807) is 0 Å². The van der Waals surface area contributed by atoms with Gasteiger partial charge in [0.15, 0.2) is 17.5 Å². The minimum atomic E-state index is -0.355. The Bertz CT molecular complexity index is 3540. The number of nitrogens with zero attached hydrogens (tertiary/aromatic N) is 3. The van der Waals surface area contributed by atoms with Gasteiger partial charge in [-0.05, 0) is 85.0 Å². The first-order chi connectivity index (χ1) is 30.7. The topological polar surface area (TPSA) is 51.8 Å². The van der Waals surface area contributed by atoms with Crippen LogP contribution in [0, 0.1) is 0 Å². The van der Waals surface area contributed by atoms with Crippen LogP contribution in [-0.4, -0.2) is 15.0 Å². The molecule has 2 aliphatic carbocycles. The Kier molecular flexibility index (Phi) is 7.49.